The van der Waals surface area contributed by atoms with Gasteiger partial charge in [-0.3, -0.25) is 10.1 Å². The highest BCUT2D eigenvalue weighted by Crippen LogP contribution is 2.37. The summed E-state index contributed by atoms with van der Waals surface area (Å²) in [4.78, 5) is 10.3. The number of fused-ring (bicyclic) bond motifs is 1. The lowest BCUT2D eigenvalue weighted by atomic mass is 9.91. The van der Waals surface area contributed by atoms with Crippen molar-refractivity contribution in [3.63, 3.8) is 0 Å². The van der Waals surface area contributed by atoms with E-state index >= 15 is 0 Å². The van der Waals surface area contributed by atoms with Gasteiger partial charge in [-0.25, -0.2) is 0 Å². The lowest BCUT2D eigenvalue weighted by molar-refractivity contribution is -0.384. The van der Waals surface area contributed by atoms with Crippen molar-refractivity contribution in [2.24, 2.45) is 0 Å². The molecule has 2 aromatic rings. The topological polar surface area (TPSA) is 61.6 Å². The van der Waals surface area contributed by atoms with Gasteiger partial charge in [0.15, 0.2) is 0 Å². The summed E-state index contributed by atoms with van der Waals surface area (Å²) in [5.41, 5.74) is 3.30. The number of aryl methyl sites for hydroxylation is 3. The van der Waals surface area contributed by atoms with E-state index in [1.165, 1.54) is 23.3 Å². The Morgan fingerprint density at radius 3 is 2.62 bits per heavy atom. The van der Waals surface area contributed by atoms with Gasteiger partial charge in [-0.05, 0) is 56.9 Å². The van der Waals surface area contributed by atoms with Gasteiger partial charge in [-0.2, -0.15) is 0 Å². The fourth-order valence-corrected chi connectivity index (χ4v) is 3.07. The number of ether oxygens (including phenoxy) is 2. The van der Waals surface area contributed by atoms with Gasteiger partial charge in [-0.15, -0.1) is 0 Å². The zero-order valence-electron chi connectivity index (χ0n) is 14.2. The second-order valence-corrected chi connectivity index (χ2v) is 6.66. The van der Waals surface area contributed by atoms with E-state index in [0.29, 0.717) is 12.4 Å². The number of nitro groups is 1. The summed E-state index contributed by atoms with van der Waals surface area (Å²) in [6, 6.07) is 10.4. The first-order valence-electron chi connectivity index (χ1n) is 8.03. The van der Waals surface area contributed by atoms with Crippen molar-refractivity contribution in [2.45, 2.75) is 39.2 Å². The van der Waals surface area contributed by atoms with Crippen LogP contribution in [0.1, 0.15) is 30.0 Å². The van der Waals surface area contributed by atoms with Crippen molar-refractivity contribution in [2.75, 3.05) is 6.61 Å². The third kappa shape index (κ3) is 3.35. The molecule has 1 aliphatic rings. The molecule has 126 valence electrons. The highest BCUT2D eigenvalue weighted by molar-refractivity contribution is 5.45. The quantitative estimate of drug-likeness (QED) is 0.618. The molecule has 5 nitrogen and oxygen atoms in total. The number of hydrogen-bond acceptors (Lipinski definition) is 4. The zero-order valence-corrected chi connectivity index (χ0v) is 14.2. The summed E-state index contributed by atoms with van der Waals surface area (Å²) in [6.45, 7) is 6.60. The molecule has 0 fully saturated rings. The van der Waals surface area contributed by atoms with E-state index in [4.69, 9.17) is 9.47 Å². The van der Waals surface area contributed by atoms with Crippen molar-refractivity contribution in [3.05, 3.63) is 63.2 Å². The highest BCUT2D eigenvalue weighted by atomic mass is 16.6. The molecule has 0 radical (unpaired) electrons. The number of hydrogen-bond donors (Lipinski definition) is 0. The fourth-order valence-electron chi connectivity index (χ4n) is 3.07. The molecule has 0 saturated heterocycles. The molecule has 1 unspecified atom stereocenters. The molecule has 0 saturated carbocycles. The Kier molecular flexibility index (Phi) is 4.18. The minimum Gasteiger partial charge on any atom is -0.489 e. The minimum atomic E-state index is -0.420. The summed E-state index contributed by atoms with van der Waals surface area (Å²) >= 11 is 0. The van der Waals surface area contributed by atoms with E-state index in [-0.39, 0.29) is 5.69 Å². The normalized spacial score (nSPS) is 19.3. The van der Waals surface area contributed by atoms with Crippen molar-refractivity contribution in [1.29, 1.82) is 0 Å². The molecule has 0 N–H and O–H groups in total. The minimum absolute atomic E-state index is 0.0578. The van der Waals surface area contributed by atoms with Gasteiger partial charge in [-0.1, -0.05) is 17.7 Å². The van der Waals surface area contributed by atoms with E-state index in [9.17, 15) is 10.1 Å². The average Bonchev–Trinajstić information content (AvgIpc) is 2.54. The molecule has 1 atom stereocenters. The maximum atomic E-state index is 10.7. The van der Waals surface area contributed by atoms with Crippen LogP contribution in [0.15, 0.2) is 36.4 Å². The predicted molar refractivity (Wildman–Crippen MR) is 91.9 cm³/mol. The number of benzene rings is 2. The summed E-state index contributed by atoms with van der Waals surface area (Å²) < 4.78 is 12.1. The van der Waals surface area contributed by atoms with Crippen molar-refractivity contribution >= 4 is 5.69 Å². The Morgan fingerprint density at radius 1 is 1.25 bits per heavy atom. The number of nitrogens with zero attached hydrogens (tertiary/aromatic N) is 1. The van der Waals surface area contributed by atoms with E-state index in [0.717, 1.165) is 24.2 Å². The third-order valence-electron chi connectivity index (χ3n) is 4.36. The standard InChI is InChI=1S/C19H21NO4/c1-13-10-14(2)18-15(11-13)8-9-19(3,24-18)12-23-17-6-4-16(5-7-17)20(21)22/h4-7,10-11H,8-9,12H2,1-3H3. The molecule has 5 heteroatoms. The van der Waals surface area contributed by atoms with E-state index in [1.807, 2.05) is 6.92 Å². The summed E-state index contributed by atoms with van der Waals surface area (Å²) in [5, 5.41) is 10.7. The molecule has 3 rings (SSSR count). The summed E-state index contributed by atoms with van der Waals surface area (Å²) in [6.07, 6.45) is 1.83. The van der Waals surface area contributed by atoms with E-state index in [2.05, 4.69) is 26.0 Å². The monoisotopic (exact) mass is 327 g/mol. The van der Waals surface area contributed by atoms with E-state index < -0.39 is 10.5 Å². The van der Waals surface area contributed by atoms with Crippen molar-refractivity contribution < 1.29 is 14.4 Å². The molecular formula is C19H21NO4. The Morgan fingerprint density at radius 2 is 1.96 bits per heavy atom. The Balaban J connectivity index is 1.70. The summed E-state index contributed by atoms with van der Waals surface area (Å²) in [5.74, 6) is 1.57. The van der Waals surface area contributed by atoms with Gasteiger partial charge in [0.1, 0.15) is 23.7 Å². The Bertz CT molecular complexity index is 770. The molecule has 1 aliphatic heterocycles. The van der Waals surface area contributed by atoms with Gasteiger partial charge in [0.05, 0.1) is 4.92 Å². The van der Waals surface area contributed by atoms with Crippen molar-refractivity contribution in [3.8, 4) is 11.5 Å². The lowest BCUT2D eigenvalue weighted by Crippen LogP contribution is -2.42. The van der Waals surface area contributed by atoms with Gasteiger partial charge in [0.2, 0.25) is 0 Å². The van der Waals surface area contributed by atoms with Crippen LogP contribution in [0.4, 0.5) is 5.69 Å². The average molecular weight is 327 g/mol. The van der Waals surface area contributed by atoms with Gasteiger partial charge in [0.25, 0.3) is 5.69 Å². The SMILES string of the molecule is Cc1cc(C)c2c(c1)CCC(C)(COc1ccc([N+](=O)[O-])cc1)O2. The lowest BCUT2D eigenvalue weighted by Gasteiger charge is -2.36. The first kappa shape index (κ1) is 16.3. The van der Waals surface area contributed by atoms with Crippen LogP contribution < -0.4 is 9.47 Å². The molecule has 0 aromatic heterocycles. The second-order valence-electron chi connectivity index (χ2n) is 6.66. The molecule has 0 amide bonds. The van der Waals surface area contributed by atoms with Crippen LogP contribution in [0.2, 0.25) is 0 Å². The summed E-state index contributed by atoms with van der Waals surface area (Å²) in [7, 11) is 0. The molecule has 2 aromatic carbocycles. The second kappa shape index (κ2) is 6.15. The van der Waals surface area contributed by atoms with Crippen molar-refractivity contribution in [1.82, 2.24) is 0 Å². The van der Waals surface area contributed by atoms with Crippen LogP contribution in [-0.4, -0.2) is 17.1 Å². The largest absolute Gasteiger partial charge is 0.489 e. The van der Waals surface area contributed by atoms with Crippen LogP contribution in [0, 0.1) is 24.0 Å². The van der Waals surface area contributed by atoms with Crippen LogP contribution in [-0.2, 0) is 6.42 Å². The van der Waals surface area contributed by atoms with Crippen LogP contribution >= 0.6 is 0 Å². The molecule has 24 heavy (non-hydrogen) atoms. The Labute approximate surface area is 141 Å². The van der Waals surface area contributed by atoms with Gasteiger partial charge >= 0.3 is 0 Å². The highest BCUT2D eigenvalue weighted by Gasteiger charge is 2.33. The van der Waals surface area contributed by atoms with Crippen LogP contribution in [0.3, 0.4) is 0 Å². The third-order valence-corrected chi connectivity index (χ3v) is 4.36. The maximum absolute atomic E-state index is 10.7. The molecule has 0 bridgehead atoms. The molecule has 1 heterocycles. The van der Waals surface area contributed by atoms with Gasteiger partial charge < -0.3 is 9.47 Å². The number of non-ortho nitro benzene ring substituents is 1. The molecular weight excluding hydrogens is 306 g/mol. The van der Waals surface area contributed by atoms with Crippen LogP contribution in [0.5, 0.6) is 11.5 Å². The maximum Gasteiger partial charge on any atom is 0.269 e. The fraction of sp³-hybridized carbons (Fsp3) is 0.368. The van der Waals surface area contributed by atoms with E-state index in [1.54, 1.807) is 12.1 Å². The zero-order chi connectivity index (χ0) is 17.3. The number of rotatable bonds is 4. The number of nitro benzene ring substituents is 1. The predicted octanol–water partition coefficient (Wildman–Crippen LogP) is 4.37. The van der Waals surface area contributed by atoms with Crippen LogP contribution in [0.25, 0.3) is 0 Å². The first-order chi connectivity index (χ1) is 11.4. The van der Waals surface area contributed by atoms with Gasteiger partial charge in [0, 0.05) is 12.1 Å². The molecule has 0 aliphatic carbocycles. The molecule has 0 spiro atoms. The Hall–Kier alpha value is -2.56. The first-order valence-corrected chi connectivity index (χ1v) is 8.03. The smallest absolute Gasteiger partial charge is 0.269 e.